The van der Waals surface area contributed by atoms with Crippen molar-refractivity contribution < 1.29 is 9.53 Å². The summed E-state index contributed by atoms with van der Waals surface area (Å²) in [5.41, 5.74) is 2.04. The Morgan fingerprint density at radius 3 is 2.76 bits per heavy atom. The van der Waals surface area contributed by atoms with E-state index >= 15 is 0 Å². The second-order valence-electron chi connectivity index (χ2n) is 5.04. The van der Waals surface area contributed by atoms with Gasteiger partial charge in [-0.25, -0.2) is 4.79 Å². The van der Waals surface area contributed by atoms with Crippen LogP contribution in [0.3, 0.4) is 0 Å². The van der Waals surface area contributed by atoms with Crippen LogP contribution in [-0.2, 0) is 11.3 Å². The first-order chi connectivity index (χ1) is 12.3. The number of benzene rings is 1. The van der Waals surface area contributed by atoms with Crippen LogP contribution in [-0.4, -0.2) is 33.2 Å². The minimum Gasteiger partial charge on any atom is -0.465 e. The Kier molecular flexibility index (Phi) is 5.10. The van der Waals surface area contributed by atoms with Gasteiger partial charge in [-0.3, -0.25) is 4.98 Å². The molecule has 0 saturated heterocycles. The lowest BCUT2D eigenvalue weighted by molar-refractivity contribution is 0.0602. The molecule has 3 aromatic rings. The molecule has 0 atom stereocenters. The van der Waals surface area contributed by atoms with Crippen LogP contribution in [0.25, 0.3) is 0 Å². The zero-order valence-electron chi connectivity index (χ0n) is 13.5. The third-order valence-electron chi connectivity index (χ3n) is 3.35. The van der Waals surface area contributed by atoms with Gasteiger partial charge in [-0.15, -0.1) is 5.10 Å². The Hall–Kier alpha value is -3.55. The third-order valence-corrected chi connectivity index (χ3v) is 3.35. The number of anilines is 3. The monoisotopic (exact) mass is 336 g/mol. The number of carbonyl (C=O) groups is 1. The smallest absolute Gasteiger partial charge is 0.339 e. The number of hydrogen-bond acceptors (Lipinski definition) is 8. The number of para-hydroxylation sites is 1. The minimum absolute atomic E-state index is 0.373. The Labute approximate surface area is 144 Å². The van der Waals surface area contributed by atoms with Gasteiger partial charge in [0, 0.05) is 18.9 Å². The predicted molar refractivity (Wildman–Crippen MR) is 92.5 cm³/mol. The second kappa shape index (κ2) is 7.82. The first kappa shape index (κ1) is 16.3. The zero-order chi connectivity index (χ0) is 17.5. The zero-order valence-corrected chi connectivity index (χ0v) is 13.5. The standard InChI is InChI=1S/C17H16N6O2/c1-25-16(24)13-4-2-3-5-14(13)21-15-11-20-23-17(22-15)19-10-12-6-8-18-9-7-12/h2-9,11H,10H2,1H3,(H2,19,21,22,23). The molecule has 8 nitrogen and oxygen atoms in total. The highest BCUT2D eigenvalue weighted by Crippen LogP contribution is 2.20. The summed E-state index contributed by atoms with van der Waals surface area (Å²) in [6, 6.07) is 10.8. The average Bonchev–Trinajstić information content (AvgIpc) is 2.67. The molecule has 0 radical (unpaired) electrons. The van der Waals surface area contributed by atoms with Gasteiger partial charge in [-0.1, -0.05) is 12.1 Å². The number of hydrogen-bond donors (Lipinski definition) is 2. The number of rotatable bonds is 6. The van der Waals surface area contributed by atoms with Crippen molar-refractivity contribution in [2.24, 2.45) is 0 Å². The molecule has 0 aliphatic carbocycles. The molecule has 0 fully saturated rings. The van der Waals surface area contributed by atoms with Crippen LogP contribution in [0.5, 0.6) is 0 Å². The lowest BCUT2D eigenvalue weighted by Gasteiger charge is -2.10. The van der Waals surface area contributed by atoms with E-state index in [4.69, 9.17) is 4.74 Å². The molecule has 0 unspecified atom stereocenters. The van der Waals surface area contributed by atoms with Gasteiger partial charge >= 0.3 is 5.97 Å². The van der Waals surface area contributed by atoms with Crippen LogP contribution in [0.4, 0.5) is 17.5 Å². The van der Waals surface area contributed by atoms with Crippen molar-refractivity contribution in [1.29, 1.82) is 0 Å². The van der Waals surface area contributed by atoms with Crippen molar-refractivity contribution in [2.45, 2.75) is 6.54 Å². The number of esters is 1. The van der Waals surface area contributed by atoms with Crippen molar-refractivity contribution in [3.63, 3.8) is 0 Å². The van der Waals surface area contributed by atoms with Gasteiger partial charge in [0.05, 0.1) is 24.6 Å². The quantitative estimate of drug-likeness (QED) is 0.662. The maximum atomic E-state index is 11.8. The number of ether oxygens (including phenoxy) is 1. The van der Waals surface area contributed by atoms with Gasteiger partial charge in [-0.05, 0) is 29.8 Å². The molecule has 8 heteroatoms. The van der Waals surface area contributed by atoms with Gasteiger partial charge in [0.15, 0.2) is 5.82 Å². The summed E-state index contributed by atoms with van der Waals surface area (Å²) < 4.78 is 4.78. The fourth-order valence-corrected chi connectivity index (χ4v) is 2.14. The molecule has 2 N–H and O–H groups in total. The molecule has 0 bridgehead atoms. The van der Waals surface area contributed by atoms with E-state index < -0.39 is 5.97 Å². The maximum Gasteiger partial charge on any atom is 0.339 e. The van der Waals surface area contributed by atoms with Crippen molar-refractivity contribution in [3.05, 3.63) is 66.1 Å². The number of nitrogens with zero attached hydrogens (tertiary/aromatic N) is 4. The second-order valence-corrected chi connectivity index (χ2v) is 5.04. The Morgan fingerprint density at radius 1 is 1.16 bits per heavy atom. The van der Waals surface area contributed by atoms with Crippen LogP contribution >= 0.6 is 0 Å². The number of methoxy groups -OCH3 is 1. The van der Waals surface area contributed by atoms with Crippen LogP contribution < -0.4 is 10.6 Å². The van der Waals surface area contributed by atoms with E-state index in [1.165, 1.54) is 13.3 Å². The topological polar surface area (TPSA) is 102 Å². The van der Waals surface area contributed by atoms with Crippen molar-refractivity contribution in [3.8, 4) is 0 Å². The summed E-state index contributed by atoms with van der Waals surface area (Å²) in [4.78, 5) is 20.1. The first-order valence-electron chi connectivity index (χ1n) is 7.53. The number of carbonyl (C=O) groups excluding carboxylic acids is 1. The Bertz CT molecular complexity index is 857. The Balaban J connectivity index is 1.73. The fraction of sp³-hybridized carbons (Fsp3) is 0.118. The molecule has 2 heterocycles. The van der Waals surface area contributed by atoms with Gasteiger partial charge in [-0.2, -0.15) is 10.1 Å². The van der Waals surface area contributed by atoms with E-state index in [9.17, 15) is 4.79 Å². The summed E-state index contributed by atoms with van der Waals surface area (Å²) in [7, 11) is 1.34. The summed E-state index contributed by atoms with van der Waals surface area (Å²) >= 11 is 0. The van der Waals surface area contributed by atoms with E-state index in [0.717, 1.165) is 5.56 Å². The predicted octanol–water partition coefficient (Wildman–Crippen LogP) is 2.41. The highest BCUT2D eigenvalue weighted by Gasteiger charge is 2.12. The molecule has 2 aromatic heterocycles. The first-order valence-corrected chi connectivity index (χ1v) is 7.53. The van der Waals surface area contributed by atoms with Gasteiger partial charge in [0.2, 0.25) is 5.95 Å². The van der Waals surface area contributed by atoms with E-state index in [-0.39, 0.29) is 0 Å². The van der Waals surface area contributed by atoms with Crippen LogP contribution in [0.2, 0.25) is 0 Å². The summed E-state index contributed by atoms with van der Waals surface area (Å²) in [5.74, 6) is 0.405. The fourth-order valence-electron chi connectivity index (χ4n) is 2.14. The average molecular weight is 336 g/mol. The van der Waals surface area contributed by atoms with E-state index in [1.807, 2.05) is 18.2 Å². The van der Waals surface area contributed by atoms with Crippen LogP contribution in [0.1, 0.15) is 15.9 Å². The van der Waals surface area contributed by atoms with Gasteiger partial charge < -0.3 is 15.4 Å². The molecule has 25 heavy (non-hydrogen) atoms. The van der Waals surface area contributed by atoms with Gasteiger partial charge in [0.1, 0.15) is 0 Å². The SMILES string of the molecule is COC(=O)c1ccccc1Nc1cnnc(NCc2ccncc2)n1. The van der Waals surface area contributed by atoms with Crippen LogP contribution in [0, 0.1) is 0 Å². The lowest BCUT2D eigenvalue weighted by Crippen LogP contribution is -2.08. The molecule has 0 saturated carbocycles. The molecule has 0 spiro atoms. The van der Waals surface area contributed by atoms with Crippen molar-refractivity contribution in [1.82, 2.24) is 20.2 Å². The van der Waals surface area contributed by atoms with E-state index in [2.05, 4.69) is 30.8 Å². The van der Waals surface area contributed by atoms with Crippen molar-refractivity contribution in [2.75, 3.05) is 17.7 Å². The molecular formula is C17H16N6O2. The molecule has 126 valence electrons. The van der Waals surface area contributed by atoms with Crippen LogP contribution in [0.15, 0.2) is 55.0 Å². The number of aromatic nitrogens is 4. The maximum absolute atomic E-state index is 11.8. The summed E-state index contributed by atoms with van der Waals surface area (Å²) in [5, 5.41) is 14.0. The number of nitrogens with one attached hydrogen (secondary N) is 2. The molecule has 0 aliphatic rings. The highest BCUT2D eigenvalue weighted by molar-refractivity contribution is 5.96. The summed E-state index contributed by atoms with van der Waals surface area (Å²) in [6.45, 7) is 0.548. The molecular weight excluding hydrogens is 320 g/mol. The highest BCUT2D eigenvalue weighted by atomic mass is 16.5. The molecule has 1 aromatic carbocycles. The van der Waals surface area contributed by atoms with E-state index in [1.54, 1.807) is 30.6 Å². The van der Waals surface area contributed by atoms with Crippen molar-refractivity contribution >= 4 is 23.4 Å². The third kappa shape index (κ3) is 4.25. The lowest BCUT2D eigenvalue weighted by atomic mass is 10.2. The molecule has 3 rings (SSSR count). The van der Waals surface area contributed by atoms with Gasteiger partial charge in [0.25, 0.3) is 0 Å². The number of pyridine rings is 1. The largest absolute Gasteiger partial charge is 0.465 e. The molecule has 0 aliphatic heterocycles. The normalized spacial score (nSPS) is 10.1. The van der Waals surface area contributed by atoms with E-state index in [0.29, 0.717) is 29.6 Å². The summed E-state index contributed by atoms with van der Waals surface area (Å²) in [6.07, 6.45) is 4.92. The Morgan fingerprint density at radius 2 is 1.96 bits per heavy atom. The molecule has 0 amide bonds. The minimum atomic E-state index is -0.429.